The Morgan fingerprint density at radius 1 is 1.18 bits per heavy atom. The van der Waals surface area contributed by atoms with Crippen LogP contribution in [0.15, 0.2) is 71.1 Å². The number of aliphatic carboxylic acids is 1. The molecule has 3 heterocycles. The van der Waals surface area contributed by atoms with E-state index in [1.54, 1.807) is 22.4 Å². The van der Waals surface area contributed by atoms with Crippen molar-refractivity contribution in [1.29, 1.82) is 0 Å². The third kappa shape index (κ3) is 4.45. The fourth-order valence-corrected chi connectivity index (χ4v) is 7.54. The van der Waals surface area contributed by atoms with E-state index in [-0.39, 0.29) is 30.2 Å². The third-order valence-corrected chi connectivity index (χ3v) is 9.69. The highest BCUT2D eigenvalue weighted by atomic mass is 32.2. The number of carbonyl (C=O) groups excluding carboxylic acids is 2. The normalized spacial score (nSPS) is 23.6. The van der Waals surface area contributed by atoms with Gasteiger partial charge in [-0.2, -0.15) is 0 Å². The number of carboxylic acid groups (broad SMARTS) is 1. The number of carboxylic acids is 1. The van der Waals surface area contributed by atoms with E-state index >= 15 is 0 Å². The van der Waals surface area contributed by atoms with E-state index in [1.165, 1.54) is 23.5 Å². The zero-order valence-corrected chi connectivity index (χ0v) is 20.4. The number of rotatable bonds is 7. The lowest BCUT2D eigenvalue weighted by Crippen LogP contribution is -2.74. The molecule has 174 valence electrons. The quantitative estimate of drug-likeness (QED) is 0.469. The topological polar surface area (TPSA) is 99.6 Å². The van der Waals surface area contributed by atoms with Crippen LogP contribution in [0, 0.1) is 0 Å². The molecule has 2 amide bonds. The van der Waals surface area contributed by atoms with Crippen molar-refractivity contribution in [1.82, 2.24) is 15.2 Å². The molecule has 10 heteroatoms. The summed E-state index contributed by atoms with van der Waals surface area (Å²) in [6, 6.07) is 16.4. The van der Waals surface area contributed by atoms with Gasteiger partial charge >= 0.3 is 5.97 Å². The van der Waals surface area contributed by atoms with Gasteiger partial charge in [0.05, 0.1) is 6.42 Å². The van der Waals surface area contributed by atoms with Gasteiger partial charge in [0.25, 0.3) is 0 Å². The predicted octanol–water partition coefficient (Wildman–Crippen LogP) is 3.37. The molecule has 0 spiro atoms. The van der Waals surface area contributed by atoms with Crippen LogP contribution in [-0.4, -0.2) is 61.2 Å². The smallest absolute Gasteiger partial charge is 0.322 e. The summed E-state index contributed by atoms with van der Waals surface area (Å²) in [5.41, 5.74) is 1.86. The zero-order valence-electron chi connectivity index (χ0n) is 17.9. The number of fused-ring (bicyclic) bond motifs is 1. The fourth-order valence-electron chi connectivity index (χ4n) is 4.05. The Balaban J connectivity index is 1.24. The van der Waals surface area contributed by atoms with Crippen LogP contribution in [0.5, 0.6) is 0 Å². The lowest BCUT2D eigenvalue weighted by Gasteiger charge is -2.53. The van der Waals surface area contributed by atoms with E-state index in [4.69, 9.17) is 0 Å². The molecule has 1 unspecified atom stereocenters. The number of aromatic nitrogens is 1. The molecule has 5 rings (SSSR count). The Morgan fingerprint density at radius 2 is 1.94 bits per heavy atom. The first-order valence-corrected chi connectivity index (χ1v) is 13.4. The molecule has 2 aliphatic rings. The van der Waals surface area contributed by atoms with E-state index in [1.807, 2.05) is 60.0 Å². The molecular formula is C24H21N3O4S3. The average molecular weight is 512 g/mol. The molecule has 2 saturated heterocycles. The fraction of sp³-hybridized carbons (Fsp3) is 0.250. The number of nitrogens with zero attached hydrogens (tertiary/aromatic N) is 2. The van der Waals surface area contributed by atoms with E-state index in [9.17, 15) is 19.5 Å². The van der Waals surface area contributed by atoms with Crippen LogP contribution in [-0.2, 0) is 20.8 Å². The minimum absolute atomic E-state index is 0.1000. The second-order valence-electron chi connectivity index (χ2n) is 8.14. The van der Waals surface area contributed by atoms with E-state index in [2.05, 4.69) is 10.3 Å². The summed E-state index contributed by atoms with van der Waals surface area (Å²) >= 11 is 4.22. The first kappa shape index (κ1) is 22.9. The summed E-state index contributed by atoms with van der Waals surface area (Å²) in [6.45, 7) is 0.1000. The molecule has 2 fully saturated rings. The van der Waals surface area contributed by atoms with Gasteiger partial charge in [0.2, 0.25) is 11.8 Å². The third-order valence-electron chi connectivity index (χ3n) is 5.82. The molecule has 0 bridgehead atoms. The maximum Gasteiger partial charge on any atom is 0.322 e. The highest BCUT2D eigenvalue weighted by Gasteiger charge is 2.57. The van der Waals surface area contributed by atoms with Crippen LogP contribution in [0.1, 0.15) is 5.56 Å². The van der Waals surface area contributed by atoms with Crippen LogP contribution in [0.25, 0.3) is 10.6 Å². The SMILES string of the molecule is O=C(Cc1ccccc1)N[C@@H]1C(=O)N2CC(Sc3ccc(-c4nccs4)cc3)(C(=O)O)CS[C@H]12. The van der Waals surface area contributed by atoms with Gasteiger partial charge in [0.1, 0.15) is 21.2 Å². The van der Waals surface area contributed by atoms with E-state index < -0.39 is 16.8 Å². The number of hydrogen-bond donors (Lipinski definition) is 2. The van der Waals surface area contributed by atoms with Gasteiger partial charge in [-0.1, -0.05) is 42.5 Å². The van der Waals surface area contributed by atoms with Crippen LogP contribution < -0.4 is 5.32 Å². The molecule has 0 radical (unpaired) electrons. The largest absolute Gasteiger partial charge is 0.480 e. The van der Waals surface area contributed by atoms with Gasteiger partial charge in [0, 0.05) is 34.3 Å². The number of thioether (sulfide) groups is 2. The van der Waals surface area contributed by atoms with Crippen LogP contribution in [0.4, 0.5) is 0 Å². The molecule has 0 aliphatic carbocycles. The molecule has 1 aromatic heterocycles. The second-order valence-corrected chi connectivity index (χ2v) is 11.6. The summed E-state index contributed by atoms with van der Waals surface area (Å²) in [6.07, 6.45) is 1.95. The molecule has 34 heavy (non-hydrogen) atoms. The molecule has 0 saturated carbocycles. The number of nitrogens with one attached hydrogen (secondary N) is 1. The van der Waals surface area contributed by atoms with Crippen molar-refractivity contribution < 1.29 is 19.5 Å². The van der Waals surface area contributed by atoms with Gasteiger partial charge in [-0.25, -0.2) is 4.98 Å². The second kappa shape index (κ2) is 9.44. The number of amides is 2. The number of benzene rings is 2. The highest BCUT2D eigenvalue weighted by molar-refractivity contribution is 8.05. The van der Waals surface area contributed by atoms with Crippen molar-refractivity contribution in [2.45, 2.75) is 27.5 Å². The summed E-state index contributed by atoms with van der Waals surface area (Å²) < 4.78 is -1.15. The van der Waals surface area contributed by atoms with Crippen molar-refractivity contribution in [3.8, 4) is 10.6 Å². The molecule has 2 N–H and O–H groups in total. The van der Waals surface area contributed by atoms with Crippen LogP contribution in [0.3, 0.4) is 0 Å². The molecule has 3 aromatic rings. The minimum Gasteiger partial charge on any atom is -0.480 e. The van der Waals surface area contributed by atoms with Gasteiger partial charge in [0.15, 0.2) is 0 Å². The Morgan fingerprint density at radius 3 is 2.62 bits per heavy atom. The minimum atomic E-state index is -1.15. The zero-order chi connectivity index (χ0) is 23.7. The van der Waals surface area contributed by atoms with Gasteiger partial charge < -0.3 is 15.3 Å². The lowest BCUT2D eigenvalue weighted by molar-refractivity contribution is -0.152. The Kier molecular flexibility index (Phi) is 6.37. The maximum absolute atomic E-state index is 12.8. The predicted molar refractivity (Wildman–Crippen MR) is 134 cm³/mol. The first-order valence-electron chi connectivity index (χ1n) is 10.6. The Bertz CT molecular complexity index is 1200. The van der Waals surface area contributed by atoms with Crippen molar-refractivity contribution in [3.63, 3.8) is 0 Å². The average Bonchev–Trinajstić information content (AvgIpc) is 3.38. The standard InChI is InChI=1S/C24H21N3O4S3/c28-18(12-15-4-2-1-3-5-15)26-19-21(29)27-13-24(23(30)31,14-33-22(19)27)34-17-8-6-16(7-9-17)20-25-10-11-32-20/h1-11,19,22H,12-14H2,(H,26,28)(H,30,31)/t19-,22-,24?/m1/s1. The summed E-state index contributed by atoms with van der Waals surface area (Å²) in [5.74, 6) is -1.06. The van der Waals surface area contributed by atoms with Crippen LogP contribution >= 0.6 is 34.9 Å². The number of hydrogen-bond acceptors (Lipinski definition) is 7. The van der Waals surface area contributed by atoms with E-state index in [0.717, 1.165) is 21.0 Å². The molecule has 2 aromatic carbocycles. The molecule has 3 atom stereocenters. The molecule has 2 aliphatic heterocycles. The monoisotopic (exact) mass is 511 g/mol. The summed E-state index contributed by atoms with van der Waals surface area (Å²) in [4.78, 5) is 44.3. The van der Waals surface area contributed by atoms with Crippen molar-refractivity contribution in [2.75, 3.05) is 12.3 Å². The molecule has 7 nitrogen and oxygen atoms in total. The summed E-state index contributed by atoms with van der Waals surface area (Å²) in [7, 11) is 0. The Hall–Kier alpha value is -2.82. The van der Waals surface area contributed by atoms with Gasteiger partial charge in [-0.05, 0) is 17.7 Å². The van der Waals surface area contributed by atoms with Crippen LogP contribution in [0.2, 0.25) is 0 Å². The summed E-state index contributed by atoms with van der Waals surface area (Å²) in [5, 5.41) is 15.5. The van der Waals surface area contributed by atoms with Crippen molar-refractivity contribution in [3.05, 3.63) is 71.7 Å². The van der Waals surface area contributed by atoms with Crippen molar-refractivity contribution >= 4 is 52.6 Å². The highest BCUT2D eigenvalue weighted by Crippen LogP contribution is 2.46. The van der Waals surface area contributed by atoms with E-state index in [0.29, 0.717) is 5.75 Å². The number of β-lactam (4-membered cyclic amide) rings is 1. The van der Waals surface area contributed by atoms with Crippen molar-refractivity contribution in [2.24, 2.45) is 0 Å². The number of carbonyl (C=O) groups is 3. The number of thiazole rings is 1. The molecular weight excluding hydrogens is 490 g/mol. The lowest BCUT2D eigenvalue weighted by atomic mass is 10.0. The maximum atomic E-state index is 12.8. The van der Waals surface area contributed by atoms with Gasteiger partial charge in [-0.15, -0.1) is 34.9 Å². The van der Waals surface area contributed by atoms with Gasteiger partial charge in [-0.3, -0.25) is 14.4 Å². The first-order chi connectivity index (χ1) is 16.4. The Labute approximate surface area is 209 Å².